The van der Waals surface area contributed by atoms with E-state index in [9.17, 15) is 9.59 Å². The van der Waals surface area contributed by atoms with Crippen molar-refractivity contribution in [3.8, 4) is 11.8 Å². The number of benzene rings is 1. The summed E-state index contributed by atoms with van der Waals surface area (Å²) in [4.78, 5) is 20.4. The lowest BCUT2D eigenvalue weighted by atomic mass is 10.1. The van der Waals surface area contributed by atoms with Crippen molar-refractivity contribution in [1.82, 2.24) is 0 Å². The van der Waals surface area contributed by atoms with Crippen LogP contribution in [0.15, 0.2) is 18.2 Å². The summed E-state index contributed by atoms with van der Waals surface area (Å²) >= 11 is 0. The summed E-state index contributed by atoms with van der Waals surface area (Å²) in [5.74, 6) is 4.96. The van der Waals surface area contributed by atoms with E-state index in [0.717, 1.165) is 17.4 Å². The summed E-state index contributed by atoms with van der Waals surface area (Å²) in [5, 5.41) is 0. The Hall–Kier alpha value is -1.88. The zero-order chi connectivity index (χ0) is 9.68. The summed E-state index contributed by atoms with van der Waals surface area (Å²) < 4.78 is 0. The minimum absolute atomic E-state index is 0.545. The molecule has 0 fully saturated rings. The van der Waals surface area contributed by atoms with Crippen molar-refractivity contribution in [3.05, 3.63) is 34.9 Å². The zero-order valence-corrected chi connectivity index (χ0v) is 7.20. The largest absolute Gasteiger partial charge is 0.298 e. The van der Waals surface area contributed by atoms with Crippen LogP contribution < -0.4 is 0 Å². The Morgan fingerprint density at radius 1 is 1.31 bits per heavy atom. The molecule has 0 aliphatic heterocycles. The fourth-order valence-electron chi connectivity index (χ4n) is 0.998. The van der Waals surface area contributed by atoms with Gasteiger partial charge in [-0.15, -0.1) is 0 Å². The predicted octanol–water partition coefficient (Wildman–Crippen LogP) is 1.36. The number of hydrogen-bond acceptors (Lipinski definition) is 2. The van der Waals surface area contributed by atoms with Crippen molar-refractivity contribution in [2.24, 2.45) is 0 Å². The van der Waals surface area contributed by atoms with Gasteiger partial charge in [0.2, 0.25) is 0 Å². The minimum Gasteiger partial charge on any atom is -0.298 e. The van der Waals surface area contributed by atoms with E-state index in [1.807, 2.05) is 6.92 Å². The average molecular weight is 172 g/mol. The summed E-state index contributed by atoms with van der Waals surface area (Å²) in [5.41, 5.74) is 2.26. The van der Waals surface area contributed by atoms with Crippen LogP contribution in [0, 0.1) is 18.8 Å². The third-order valence-electron chi connectivity index (χ3n) is 1.67. The first-order valence-electron chi connectivity index (χ1n) is 3.79. The number of hydrogen-bond donors (Lipinski definition) is 0. The topological polar surface area (TPSA) is 34.1 Å². The molecule has 0 unspecified atom stereocenters. The second-order valence-corrected chi connectivity index (χ2v) is 2.58. The van der Waals surface area contributed by atoms with Crippen LogP contribution in [0.25, 0.3) is 0 Å². The van der Waals surface area contributed by atoms with Crippen LogP contribution in [-0.2, 0) is 4.79 Å². The monoisotopic (exact) mass is 172 g/mol. The lowest BCUT2D eigenvalue weighted by Crippen LogP contribution is -1.86. The van der Waals surface area contributed by atoms with E-state index >= 15 is 0 Å². The second kappa shape index (κ2) is 4.22. The molecule has 0 aromatic heterocycles. The normalized spacial score (nSPS) is 8.38. The van der Waals surface area contributed by atoms with Crippen molar-refractivity contribution in [2.45, 2.75) is 6.92 Å². The van der Waals surface area contributed by atoms with Gasteiger partial charge in [-0.2, -0.15) is 0 Å². The maximum absolute atomic E-state index is 10.5. The van der Waals surface area contributed by atoms with Crippen molar-refractivity contribution in [2.75, 3.05) is 0 Å². The highest BCUT2D eigenvalue weighted by molar-refractivity contribution is 5.78. The van der Waals surface area contributed by atoms with Gasteiger partial charge in [-0.25, -0.2) is 0 Å². The van der Waals surface area contributed by atoms with E-state index in [-0.39, 0.29) is 0 Å². The van der Waals surface area contributed by atoms with Crippen LogP contribution in [-0.4, -0.2) is 12.6 Å². The fraction of sp³-hybridized carbons (Fsp3) is 0.0909. The second-order valence-electron chi connectivity index (χ2n) is 2.58. The van der Waals surface area contributed by atoms with Gasteiger partial charge in [0.05, 0.1) is 0 Å². The molecule has 64 valence electrons. The highest BCUT2D eigenvalue weighted by Crippen LogP contribution is 2.07. The van der Waals surface area contributed by atoms with Gasteiger partial charge in [0, 0.05) is 11.1 Å². The quantitative estimate of drug-likeness (QED) is 0.473. The molecular formula is C11H8O2. The van der Waals surface area contributed by atoms with Gasteiger partial charge in [0.25, 0.3) is 0 Å². The highest BCUT2D eigenvalue weighted by Gasteiger charge is 1.95. The minimum atomic E-state index is 0.545. The first-order chi connectivity index (χ1) is 6.27. The summed E-state index contributed by atoms with van der Waals surface area (Å²) in [6, 6.07) is 5.19. The Balaban J connectivity index is 3.09. The lowest BCUT2D eigenvalue weighted by Gasteiger charge is -1.97. The first kappa shape index (κ1) is 9.21. The summed E-state index contributed by atoms with van der Waals surface area (Å²) in [6.07, 6.45) is 1.34. The van der Waals surface area contributed by atoms with Gasteiger partial charge >= 0.3 is 0 Å². The molecule has 2 heteroatoms. The van der Waals surface area contributed by atoms with Crippen LogP contribution in [0.3, 0.4) is 0 Å². The van der Waals surface area contributed by atoms with Gasteiger partial charge < -0.3 is 0 Å². The Bertz CT molecular complexity index is 394. The molecule has 0 atom stereocenters. The maximum Gasteiger partial charge on any atom is 0.193 e. The molecule has 0 heterocycles. The molecule has 0 aliphatic rings. The zero-order valence-electron chi connectivity index (χ0n) is 7.20. The van der Waals surface area contributed by atoms with Gasteiger partial charge in [-0.05, 0) is 30.5 Å². The molecule has 0 N–H and O–H groups in total. The Labute approximate surface area is 76.6 Å². The predicted molar refractivity (Wildman–Crippen MR) is 49.5 cm³/mol. The number of aryl methyl sites for hydroxylation is 1. The molecule has 13 heavy (non-hydrogen) atoms. The molecule has 0 aliphatic carbocycles. The Kier molecular flexibility index (Phi) is 2.99. The molecule has 0 amide bonds. The van der Waals surface area contributed by atoms with E-state index in [1.54, 1.807) is 18.2 Å². The fourth-order valence-corrected chi connectivity index (χ4v) is 0.998. The first-order valence-corrected chi connectivity index (χ1v) is 3.79. The molecule has 1 aromatic rings. The van der Waals surface area contributed by atoms with Crippen molar-refractivity contribution in [3.63, 3.8) is 0 Å². The summed E-state index contributed by atoms with van der Waals surface area (Å²) in [6.45, 7) is 1.83. The van der Waals surface area contributed by atoms with E-state index in [2.05, 4.69) is 11.8 Å². The Morgan fingerprint density at radius 2 is 2.08 bits per heavy atom. The standard InChI is InChI=1S/C11H8O2/c1-9-7-10(3-2-6-12)4-5-11(9)8-13/h4-8H,1H3. The maximum atomic E-state index is 10.5. The van der Waals surface area contributed by atoms with Crippen molar-refractivity contribution in [1.29, 1.82) is 0 Å². The summed E-state index contributed by atoms with van der Waals surface area (Å²) in [7, 11) is 0. The highest BCUT2D eigenvalue weighted by atomic mass is 16.1. The van der Waals surface area contributed by atoms with Crippen LogP contribution in [0.1, 0.15) is 21.5 Å². The van der Waals surface area contributed by atoms with E-state index in [4.69, 9.17) is 0 Å². The molecule has 0 saturated heterocycles. The average Bonchev–Trinajstić information content (AvgIpc) is 2.15. The molecule has 0 radical (unpaired) electrons. The van der Waals surface area contributed by atoms with Gasteiger partial charge in [0.15, 0.2) is 6.29 Å². The SMILES string of the molecule is Cc1cc(C#CC=O)ccc1C=O. The third kappa shape index (κ3) is 2.28. The molecule has 0 spiro atoms. The number of aldehydes is 2. The van der Waals surface area contributed by atoms with Crippen LogP contribution in [0.2, 0.25) is 0 Å². The smallest absolute Gasteiger partial charge is 0.193 e. The van der Waals surface area contributed by atoms with E-state index in [0.29, 0.717) is 11.8 Å². The Morgan fingerprint density at radius 3 is 2.62 bits per heavy atom. The third-order valence-corrected chi connectivity index (χ3v) is 1.67. The number of carbonyl (C=O) groups is 2. The van der Waals surface area contributed by atoms with Gasteiger partial charge in [-0.3, -0.25) is 9.59 Å². The molecule has 1 aromatic carbocycles. The van der Waals surface area contributed by atoms with E-state index < -0.39 is 0 Å². The molecular weight excluding hydrogens is 164 g/mol. The molecule has 0 saturated carbocycles. The number of rotatable bonds is 1. The lowest BCUT2D eigenvalue weighted by molar-refractivity contribution is -0.103. The van der Waals surface area contributed by atoms with Crippen LogP contribution in [0.4, 0.5) is 0 Å². The molecule has 1 rings (SSSR count). The molecule has 2 nitrogen and oxygen atoms in total. The van der Waals surface area contributed by atoms with Crippen LogP contribution >= 0.6 is 0 Å². The van der Waals surface area contributed by atoms with Crippen molar-refractivity contribution >= 4 is 12.6 Å². The van der Waals surface area contributed by atoms with Crippen molar-refractivity contribution < 1.29 is 9.59 Å². The number of carbonyl (C=O) groups excluding carboxylic acids is 2. The van der Waals surface area contributed by atoms with Gasteiger partial charge in [0.1, 0.15) is 6.29 Å². The van der Waals surface area contributed by atoms with Crippen LogP contribution in [0.5, 0.6) is 0 Å². The van der Waals surface area contributed by atoms with E-state index in [1.165, 1.54) is 0 Å². The van der Waals surface area contributed by atoms with Gasteiger partial charge in [-0.1, -0.05) is 12.0 Å². The molecule has 0 bridgehead atoms.